The van der Waals surface area contributed by atoms with Gasteiger partial charge in [0.25, 0.3) is 10.0 Å². The van der Waals surface area contributed by atoms with E-state index < -0.39 is 10.0 Å². The highest BCUT2D eigenvalue weighted by atomic mass is 32.2. The summed E-state index contributed by atoms with van der Waals surface area (Å²) in [6, 6.07) is 9.77. The van der Waals surface area contributed by atoms with E-state index in [1.54, 1.807) is 30.3 Å². The van der Waals surface area contributed by atoms with Crippen LogP contribution in [0.1, 0.15) is 5.56 Å². The van der Waals surface area contributed by atoms with Crippen molar-refractivity contribution in [2.75, 3.05) is 10.5 Å². The molecule has 0 amide bonds. The first-order valence-corrected chi connectivity index (χ1v) is 6.77. The Bertz CT molecular complexity index is 654. The number of rotatable bonds is 3. The molecule has 1 heterocycles. The normalized spacial score (nSPS) is 11.2. The van der Waals surface area contributed by atoms with E-state index in [-0.39, 0.29) is 16.4 Å². The summed E-state index contributed by atoms with van der Waals surface area (Å²) in [5, 5.41) is 0. The maximum Gasteiger partial charge on any atom is 0.265 e. The van der Waals surface area contributed by atoms with E-state index >= 15 is 0 Å². The molecule has 0 bridgehead atoms. The largest absolute Gasteiger partial charge is 0.398 e. The summed E-state index contributed by atoms with van der Waals surface area (Å²) in [6.45, 7) is 1.85. The lowest BCUT2D eigenvalue weighted by molar-refractivity contribution is 0.601. The number of hydrogen-bond acceptors (Lipinski definition) is 4. The summed E-state index contributed by atoms with van der Waals surface area (Å²) < 4.78 is 26.6. The van der Waals surface area contributed by atoms with Gasteiger partial charge in [0, 0.05) is 6.20 Å². The first-order chi connectivity index (χ1) is 8.49. The van der Waals surface area contributed by atoms with Crippen molar-refractivity contribution in [1.82, 2.24) is 4.98 Å². The summed E-state index contributed by atoms with van der Waals surface area (Å²) in [5.41, 5.74) is 6.85. The quantitative estimate of drug-likeness (QED) is 0.826. The molecule has 0 aliphatic heterocycles. The van der Waals surface area contributed by atoms with Crippen LogP contribution in [0.2, 0.25) is 0 Å². The highest BCUT2D eigenvalue weighted by Crippen LogP contribution is 2.21. The van der Waals surface area contributed by atoms with Crippen molar-refractivity contribution < 1.29 is 8.42 Å². The number of anilines is 2. The van der Waals surface area contributed by atoms with E-state index in [1.165, 1.54) is 12.3 Å². The average molecular weight is 263 g/mol. The molecule has 1 aromatic heterocycles. The standard InChI is InChI=1S/C12H13N3O2S/c1-9-5-6-11(10(13)8-9)18(16,17)15-12-4-2-3-7-14-12/h2-8H,13H2,1H3,(H,14,15). The van der Waals surface area contributed by atoms with Crippen LogP contribution in [0.4, 0.5) is 11.5 Å². The van der Waals surface area contributed by atoms with Crippen LogP contribution >= 0.6 is 0 Å². The topological polar surface area (TPSA) is 85.1 Å². The summed E-state index contributed by atoms with van der Waals surface area (Å²) >= 11 is 0. The van der Waals surface area contributed by atoms with Crippen molar-refractivity contribution in [3.8, 4) is 0 Å². The molecular weight excluding hydrogens is 250 g/mol. The molecular formula is C12H13N3O2S. The Labute approximate surface area is 106 Å². The molecule has 0 unspecified atom stereocenters. The summed E-state index contributed by atoms with van der Waals surface area (Å²) in [6.07, 6.45) is 1.51. The van der Waals surface area contributed by atoms with Gasteiger partial charge in [-0.25, -0.2) is 13.4 Å². The van der Waals surface area contributed by atoms with Crippen LogP contribution < -0.4 is 10.5 Å². The fourth-order valence-corrected chi connectivity index (χ4v) is 2.65. The molecule has 2 aromatic rings. The van der Waals surface area contributed by atoms with E-state index in [0.29, 0.717) is 0 Å². The lowest BCUT2D eigenvalue weighted by Crippen LogP contribution is -2.15. The molecule has 0 radical (unpaired) electrons. The van der Waals surface area contributed by atoms with Crippen molar-refractivity contribution in [3.63, 3.8) is 0 Å². The Balaban J connectivity index is 2.37. The van der Waals surface area contributed by atoms with Gasteiger partial charge in [-0.15, -0.1) is 0 Å². The molecule has 0 aliphatic carbocycles. The monoisotopic (exact) mass is 263 g/mol. The Kier molecular flexibility index (Phi) is 3.20. The van der Waals surface area contributed by atoms with E-state index in [1.807, 2.05) is 6.92 Å². The van der Waals surface area contributed by atoms with Gasteiger partial charge in [0.15, 0.2) is 0 Å². The molecule has 0 atom stereocenters. The number of benzene rings is 1. The summed E-state index contributed by atoms with van der Waals surface area (Å²) in [4.78, 5) is 3.96. The first kappa shape index (κ1) is 12.4. The Hall–Kier alpha value is -2.08. The Morgan fingerprint density at radius 1 is 1.22 bits per heavy atom. The lowest BCUT2D eigenvalue weighted by Gasteiger charge is -2.09. The number of pyridine rings is 1. The van der Waals surface area contributed by atoms with Crippen molar-refractivity contribution in [1.29, 1.82) is 0 Å². The van der Waals surface area contributed by atoms with Gasteiger partial charge in [0.05, 0.1) is 5.69 Å². The SMILES string of the molecule is Cc1ccc(S(=O)(=O)Nc2ccccn2)c(N)c1. The Morgan fingerprint density at radius 3 is 2.61 bits per heavy atom. The molecule has 18 heavy (non-hydrogen) atoms. The number of nitrogens with one attached hydrogen (secondary N) is 1. The fourth-order valence-electron chi connectivity index (χ4n) is 1.53. The third-order valence-corrected chi connectivity index (χ3v) is 3.79. The van der Waals surface area contributed by atoms with Gasteiger partial charge < -0.3 is 5.73 Å². The molecule has 0 fully saturated rings. The van der Waals surface area contributed by atoms with Crippen LogP contribution in [-0.4, -0.2) is 13.4 Å². The molecule has 94 valence electrons. The van der Waals surface area contributed by atoms with E-state index in [2.05, 4.69) is 9.71 Å². The number of aryl methyl sites for hydroxylation is 1. The molecule has 3 N–H and O–H groups in total. The molecule has 5 nitrogen and oxygen atoms in total. The number of nitrogens with two attached hydrogens (primary N) is 1. The maximum atomic E-state index is 12.1. The van der Waals surface area contributed by atoms with Gasteiger partial charge in [0.2, 0.25) is 0 Å². The lowest BCUT2D eigenvalue weighted by atomic mass is 10.2. The third-order valence-electron chi connectivity index (χ3n) is 2.36. The highest BCUT2D eigenvalue weighted by molar-refractivity contribution is 7.92. The molecule has 0 spiro atoms. The second-order valence-corrected chi connectivity index (χ2v) is 5.51. The second kappa shape index (κ2) is 4.66. The minimum Gasteiger partial charge on any atom is -0.398 e. The Morgan fingerprint density at radius 2 is 2.00 bits per heavy atom. The predicted octanol–water partition coefficient (Wildman–Crippen LogP) is 1.77. The predicted molar refractivity (Wildman–Crippen MR) is 70.6 cm³/mol. The maximum absolute atomic E-state index is 12.1. The van der Waals surface area contributed by atoms with Crippen LogP contribution in [-0.2, 0) is 10.0 Å². The first-order valence-electron chi connectivity index (χ1n) is 5.29. The number of hydrogen-bond donors (Lipinski definition) is 2. The van der Waals surface area contributed by atoms with Gasteiger partial charge in [-0.3, -0.25) is 4.72 Å². The van der Waals surface area contributed by atoms with Gasteiger partial charge in [-0.2, -0.15) is 0 Å². The number of nitrogen functional groups attached to an aromatic ring is 1. The molecule has 0 saturated heterocycles. The van der Waals surface area contributed by atoms with E-state index in [4.69, 9.17) is 5.73 Å². The summed E-state index contributed by atoms with van der Waals surface area (Å²) in [5.74, 6) is 0.262. The van der Waals surface area contributed by atoms with Gasteiger partial charge in [-0.1, -0.05) is 12.1 Å². The van der Waals surface area contributed by atoms with Crippen LogP contribution in [0.25, 0.3) is 0 Å². The van der Waals surface area contributed by atoms with Crippen molar-refractivity contribution in [3.05, 3.63) is 48.2 Å². The number of sulfonamides is 1. The second-order valence-electron chi connectivity index (χ2n) is 3.86. The average Bonchev–Trinajstić information content (AvgIpc) is 2.29. The highest BCUT2D eigenvalue weighted by Gasteiger charge is 2.17. The van der Waals surface area contributed by atoms with Crippen molar-refractivity contribution in [2.45, 2.75) is 11.8 Å². The molecule has 0 saturated carbocycles. The third kappa shape index (κ3) is 2.60. The van der Waals surface area contributed by atoms with Crippen LogP contribution in [0.15, 0.2) is 47.5 Å². The van der Waals surface area contributed by atoms with E-state index in [0.717, 1.165) is 5.56 Å². The fraction of sp³-hybridized carbons (Fsp3) is 0.0833. The zero-order valence-corrected chi connectivity index (χ0v) is 10.6. The van der Waals surface area contributed by atoms with Crippen molar-refractivity contribution >= 4 is 21.5 Å². The van der Waals surface area contributed by atoms with Crippen LogP contribution in [0.3, 0.4) is 0 Å². The molecule has 1 aromatic carbocycles. The van der Waals surface area contributed by atoms with Crippen LogP contribution in [0, 0.1) is 6.92 Å². The summed E-state index contributed by atoms with van der Waals surface area (Å²) in [7, 11) is -3.70. The minimum absolute atomic E-state index is 0.0544. The van der Waals surface area contributed by atoms with E-state index in [9.17, 15) is 8.42 Å². The number of aromatic nitrogens is 1. The van der Waals surface area contributed by atoms with Crippen molar-refractivity contribution in [2.24, 2.45) is 0 Å². The zero-order chi connectivity index (χ0) is 13.2. The molecule has 2 rings (SSSR count). The van der Waals surface area contributed by atoms with Gasteiger partial charge >= 0.3 is 0 Å². The minimum atomic E-state index is -3.70. The smallest absolute Gasteiger partial charge is 0.265 e. The van der Waals surface area contributed by atoms with Gasteiger partial charge in [0.1, 0.15) is 10.7 Å². The number of nitrogens with zero attached hydrogens (tertiary/aromatic N) is 1. The van der Waals surface area contributed by atoms with Gasteiger partial charge in [-0.05, 0) is 36.8 Å². The zero-order valence-electron chi connectivity index (χ0n) is 9.79. The molecule has 0 aliphatic rings. The molecule has 6 heteroatoms. The van der Waals surface area contributed by atoms with Crippen LogP contribution in [0.5, 0.6) is 0 Å².